The number of carbonyl (C=O) groups is 2. The van der Waals surface area contributed by atoms with E-state index in [1.165, 1.54) is 0 Å². The van der Waals surface area contributed by atoms with Crippen molar-refractivity contribution in [1.29, 1.82) is 0 Å². The van der Waals surface area contributed by atoms with Crippen LogP contribution in [0, 0.1) is 0 Å². The van der Waals surface area contributed by atoms with Crippen LogP contribution in [-0.2, 0) is 6.42 Å². The number of urea groups is 1. The topological polar surface area (TPSA) is 61.4 Å². The minimum atomic E-state index is -0.137. The summed E-state index contributed by atoms with van der Waals surface area (Å²) in [6.45, 7) is 3.33. The summed E-state index contributed by atoms with van der Waals surface area (Å²) in [5.74, 6) is -0.137. The molecule has 0 saturated carbocycles. The molecule has 0 aliphatic carbocycles. The van der Waals surface area contributed by atoms with Crippen LogP contribution in [0.3, 0.4) is 0 Å². The molecule has 3 aromatic carbocycles. The molecular formula is C24H27N3O2. The van der Waals surface area contributed by atoms with Crippen LogP contribution in [0.2, 0.25) is 0 Å². The molecule has 5 nitrogen and oxygen atoms in total. The van der Waals surface area contributed by atoms with Gasteiger partial charge in [0.25, 0.3) is 5.91 Å². The third-order valence-electron chi connectivity index (χ3n) is 4.84. The van der Waals surface area contributed by atoms with Gasteiger partial charge in [-0.3, -0.25) is 4.79 Å². The molecule has 29 heavy (non-hydrogen) atoms. The predicted molar refractivity (Wildman–Crippen MR) is 118 cm³/mol. The molecule has 0 aromatic heterocycles. The fourth-order valence-electron chi connectivity index (χ4n) is 3.30. The van der Waals surface area contributed by atoms with Crippen LogP contribution in [-0.4, -0.2) is 37.0 Å². The van der Waals surface area contributed by atoms with Gasteiger partial charge >= 0.3 is 6.03 Å². The van der Waals surface area contributed by atoms with E-state index in [-0.39, 0.29) is 11.9 Å². The van der Waals surface area contributed by atoms with Gasteiger partial charge in [0.2, 0.25) is 0 Å². The first-order valence-corrected chi connectivity index (χ1v) is 9.95. The molecule has 5 heteroatoms. The van der Waals surface area contributed by atoms with E-state index in [1.807, 2.05) is 73.7 Å². The molecule has 150 valence electrons. The van der Waals surface area contributed by atoms with Crippen molar-refractivity contribution in [2.45, 2.75) is 19.8 Å². The molecule has 0 aliphatic rings. The Morgan fingerprint density at radius 1 is 0.966 bits per heavy atom. The van der Waals surface area contributed by atoms with Crippen LogP contribution in [0.25, 0.3) is 10.8 Å². The Balaban J connectivity index is 1.72. The van der Waals surface area contributed by atoms with Crippen molar-refractivity contribution in [1.82, 2.24) is 10.2 Å². The van der Waals surface area contributed by atoms with Gasteiger partial charge in [-0.1, -0.05) is 49.4 Å². The first-order valence-electron chi connectivity index (χ1n) is 9.95. The molecule has 0 radical (unpaired) electrons. The number of anilines is 1. The Labute approximate surface area is 171 Å². The van der Waals surface area contributed by atoms with Gasteiger partial charge < -0.3 is 15.5 Å². The summed E-state index contributed by atoms with van der Waals surface area (Å²) in [7, 11) is 1.80. The lowest BCUT2D eigenvalue weighted by Crippen LogP contribution is -2.38. The maximum absolute atomic E-state index is 12.6. The van der Waals surface area contributed by atoms with E-state index in [9.17, 15) is 9.59 Å². The fourth-order valence-corrected chi connectivity index (χ4v) is 3.30. The number of amides is 3. The third kappa shape index (κ3) is 5.35. The lowest BCUT2D eigenvalue weighted by atomic mass is 9.99. The summed E-state index contributed by atoms with van der Waals surface area (Å²) in [4.78, 5) is 26.4. The summed E-state index contributed by atoms with van der Waals surface area (Å²) in [6, 6.07) is 21.2. The second-order valence-corrected chi connectivity index (χ2v) is 7.08. The molecular weight excluding hydrogens is 362 g/mol. The van der Waals surface area contributed by atoms with Crippen molar-refractivity contribution >= 4 is 28.4 Å². The second-order valence-electron chi connectivity index (χ2n) is 7.08. The molecule has 0 heterocycles. The number of nitrogens with one attached hydrogen (secondary N) is 2. The zero-order valence-electron chi connectivity index (χ0n) is 16.9. The van der Waals surface area contributed by atoms with E-state index < -0.39 is 0 Å². The summed E-state index contributed by atoms with van der Waals surface area (Å²) < 4.78 is 0. The highest BCUT2D eigenvalue weighted by Gasteiger charge is 2.10. The molecule has 0 atom stereocenters. The lowest BCUT2D eigenvalue weighted by Gasteiger charge is -2.17. The van der Waals surface area contributed by atoms with Gasteiger partial charge in [0.15, 0.2) is 0 Å². The summed E-state index contributed by atoms with van der Waals surface area (Å²) in [6.07, 6.45) is 1.63. The van der Waals surface area contributed by atoms with E-state index >= 15 is 0 Å². The molecule has 3 aromatic rings. The van der Waals surface area contributed by atoms with Crippen molar-refractivity contribution in [2.24, 2.45) is 0 Å². The van der Waals surface area contributed by atoms with Gasteiger partial charge in [-0.05, 0) is 53.4 Å². The molecule has 0 saturated heterocycles. The molecule has 0 aliphatic heterocycles. The summed E-state index contributed by atoms with van der Waals surface area (Å²) in [5, 5.41) is 7.99. The molecule has 0 bridgehead atoms. The third-order valence-corrected chi connectivity index (χ3v) is 4.84. The Morgan fingerprint density at radius 3 is 2.52 bits per heavy atom. The van der Waals surface area contributed by atoms with Gasteiger partial charge in [-0.25, -0.2) is 4.79 Å². The van der Waals surface area contributed by atoms with Crippen molar-refractivity contribution in [2.75, 3.05) is 25.5 Å². The summed E-state index contributed by atoms with van der Waals surface area (Å²) in [5.41, 5.74) is 2.49. The Morgan fingerprint density at radius 2 is 1.76 bits per heavy atom. The highest BCUT2D eigenvalue weighted by Crippen LogP contribution is 2.22. The van der Waals surface area contributed by atoms with Crippen molar-refractivity contribution in [3.63, 3.8) is 0 Å². The minimum Gasteiger partial charge on any atom is -0.338 e. The number of hydrogen-bond donors (Lipinski definition) is 2. The van der Waals surface area contributed by atoms with Gasteiger partial charge in [0.05, 0.1) is 0 Å². The summed E-state index contributed by atoms with van der Waals surface area (Å²) >= 11 is 0. The Hall–Kier alpha value is -3.34. The van der Waals surface area contributed by atoms with Crippen LogP contribution < -0.4 is 10.6 Å². The predicted octanol–water partition coefficient (Wildman–Crippen LogP) is 4.69. The van der Waals surface area contributed by atoms with E-state index in [4.69, 9.17) is 0 Å². The number of nitrogens with zero attached hydrogens (tertiary/aromatic N) is 1. The van der Waals surface area contributed by atoms with Gasteiger partial charge in [0.1, 0.15) is 0 Å². The largest absolute Gasteiger partial charge is 0.338 e. The van der Waals surface area contributed by atoms with E-state index in [0.717, 1.165) is 35.0 Å². The molecule has 0 spiro atoms. The minimum absolute atomic E-state index is 0.0602. The normalized spacial score (nSPS) is 10.6. The van der Waals surface area contributed by atoms with Crippen LogP contribution in [0.15, 0.2) is 66.7 Å². The standard InChI is InChI=1S/C24H27N3O2/c1-3-16-27(2)24(29)25-15-14-19-9-7-8-18-12-13-20(17-22(18)19)23(28)26-21-10-5-4-6-11-21/h4-13,17H,3,14-16H2,1-2H3,(H,25,29)(H,26,28). The van der Waals surface area contributed by atoms with E-state index in [2.05, 4.69) is 10.6 Å². The highest BCUT2D eigenvalue weighted by molar-refractivity contribution is 6.06. The first-order chi connectivity index (χ1) is 14.1. The number of carbonyl (C=O) groups excluding carboxylic acids is 2. The zero-order chi connectivity index (χ0) is 20.6. The van der Waals surface area contributed by atoms with E-state index in [1.54, 1.807) is 11.9 Å². The number of para-hydroxylation sites is 1. The van der Waals surface area contributed by atoms with Crippen molar-refractivity contribution < 1.29 is 9.59 Å². The zero-order valence-corrected chi connectivity index (χ0v) is 16.9. The van der Waals surface area contributed by atoms with Crippen molar-refractivity contribution in [3.8, 4) is 0 Å². The average molecular weight is 389 g/mol. The maximum atomic E-state index is 12.6. The van der Waals surface area contributed by atoms with Gasteiger partial charge in [-0.15, -0.1) is 0 Å². The number of rotatable bonds is 7. The number of hydrogen-bond acceptors (Lipinski definition) is 2. The van der Waals surface area contributed by atoms with Crippen LogP contribution >= 0.6 is 0 Å². The van der Waals surface area contributed by atoms with E-state index in [0.29, 0.717) is 18.5 Å². The van der Waals surface area contributed by atoms with Crippen LogP contribution in [0.4, 0.5) is 10.5 Å². The smallest absolute Gasteiger partial charge is 0.317 e. The van der Waals surface area contributed by atoms with Gasteiger partial charge in [-0.2, -0.15) is 0 Å². The average Bonchev–Trinajstić information content (AvgIpc) is 2.74. The molecule has 0 unspecified atom stereocenters. The Kier molecular flexibility index (Phi) is 6.85. The maximum Gasteiger partial charge on any atom is 0.317 e. The number of fused-ring (bicyclic) bond motifs is 1. The second kappa shape index (κ2) is 9.73. The van der Waals surface area contributed by atoms with Crippen LogP contribution in [0.5, 0.6) is 0 Å². The first kappa shape index (κ1) is 20.4. The Bertz CT molecular complexity index is 986. The van der Waals surface area contributed by atoms with Crippen molar-refractivity contribution in [3.05, 3.63) is 77.9 Å². The molecule has 3 rings (SSSR count). The molecule has 0 fully saturated rings. The number of benzene rings is 3. The fraction of sp³-hybridized carbons (Fsp3) is 0.250. The quantitative estimate of drug-likeness (QED) is 0.616. The lowest BCUT2D eigenvalue weighted by molar-refractivity contribution is 0.102. The van der Waals surface area contributed by atoms with Gasteiger partial charge in [0, 0.05) is 31.4 Å². The molecule has 3 amide bonds. The highest BCUT2D eigenvalue weighted by atomic mass is 16.2. The SMILES string of the molecule is CCCN(C)C(=O)NCCc1cccc2ccc(C(=O)Nc3ccccc3)cc12. The van der Waals surface area contributed by atoms with Crippen LogP contribution in [0.1, 0.15) is 29.3 Å². The monoisotopic (exact) mass is 389 g/mol. The molecule has 2 N–H and O–H groups in total.